The van der Waals surface area contributed by atoms with Crippen LogP contribution in [0.3, 0.4) is 0 Å². The molecule has 1 unspecified atom stereocenters. The molecule has 2 aliphatic heterocycles. The number of rotatable bonds is 6. The smallest absolute Gasteiger partial charge is 0.241 e. The second kappa shape index (κ2) is 10.5. The number of methoxy groups -OCH3 is 1. The molecular weight excluding hydrogens is 458 g/mol. The van der Waals surface area contributed by atoms with Crippen LogP contribution < -0.4 is 4.74 Å². The van der Waals surface area contributed by atoms with Crippen LogP contribution in [0.15, 0.2) is 53.1 Å². The molecule has 188 valence electrons. The van der Waals surface area contributed by atoms with Crippen molar-refractivity contribution in [3.8, 4) is 17.1 Å². The van der Waals surface area contributed by atoms with Gasteiger partial charge >= 0.3 is 0 Å². The Morgan fingerprint density at radius 2 is 1.78 bits per heavy atom. The normalized spacial score (nSPS) is 18.1. The average molecular weight is 490 g/mol. The largest absolute Gasteiger partial charge is 0.497 e. The third-order valence-corrected chi connectivity index (χ3v) is 7.08. The van der Waals surface area contributed by atoms with E-state index in [1.54, 1.807) is 14.0 Å². The van der Waals surface area contributed by atoms with E-state index >= 15 is 0 Å². The summed E-state index contributed by atoms with van der Waals surface area (Å²) >= 11 is 0. The first kappa shape index (κ1) is 24.0. The highest BCUT2D eigenvalue weighted by Gasteiger charge is 2.32. The van der Waals surface area contributed by atoms with Crippen LogP contribution in [0.2, 0.25) is 0 Å². The van der Waals surface area contributed by atoms with Gasteiger partial charge < -0.3 is 19.1 Å². The van der Waals surface area contributed by atoms with E-state index in [1.807, 2.05) is 52.3 Å². The fourth-order valence-corrected chi connectivity index (χ4v) is 5.07. The van der Waals surface area contributed by atoms with Gasteiger partial charge in [0.05, 0.1) is 26.1 Å². The molecule has 1 fully saturated rings. The van der Waals surface area contributed by atoms with Crippen molar-refractivity contribution < 1.29 is 18.8 Å². The van der Waals surface area contributed by atoms with E-state index in [-0.39, 0.29) is 17.9 Å². The summed E-state index contributed by atoms with van der Waals surface area (Å²) in [6.45, 7) is 5.49. The van der Waals surface area contributed by atoms with Gasteiger partial charge in [0.1, 0.15) is 5.75 Å². The van der Waals surface area contributed by atoms with E-state index in [4.69, 9.17) is 9.26 Å². The van der Waals surface area contributed by atoms with Crippen molar-refractivity contribution in [1.29, 1.82) is 0 Å². The molecule has 2 amide bonds. The maximum absolute atomic E-state index is 13.2. The van der Waals surface area contributed by atoms with Gasteiger partial charge in [-0.05, 0) is 41.8 Å². The first-order valence-electron chi connectivity index (χ1n) is 12.3. The number of carbonyl (C=O) groups is 2. The SMILES string of the molecule is COc1ccc(-c2noc(CN3CCN(C(=O)CC4c5ccccc5CCN4C(C)=O)CC3)n2)cc1. The third kappa shape index (κ3) is 5.11. The number of aromatic nitrogens is 2. The Balaban J connectivity index is 1.17. The van der Waals surface area contributed by atoms with E-state index in [1.165, 1.54) is 5.56 Å². The van der Waals surface area contributed by atoms with Crippen molar-refractivity contribution in [2.75, 3.05) is 39.8 Å². The third-order valence-electron chi connectivity index (χ3n) is 7.08. The summed E-state index contributed by atoms with van der Waals surface area (Å²) in [5.41, 5.74) is 3.19. The number of piperazine rings is 1. The number of ether oxygens (including phenoxy) is 1. The molecule has 1 aromatic heterocycles. The first-order valence-corrected chi connectivity index (χ1v) is 12.3. The van der Waals surface area contributed by atoms with Gasteiger partial charge in [0.2, 0.25) is 23.5 Å². The van der Waals surface area contributed by atoms with Crippen LogP contribution in [0.1, 0.15) is 36.4 Å². The minimum Gasteiger partial charge on any atom is -0.497 e. The molecule has 5 rings (SSSR count). The van der Waals surface area contributed by atoms with Crippen LogP contribution in [0.4, 0.5) is 0 Å². The van der Waals surface area contributed by atoms with Crippen LogP contribution in [-0.2, 0) is 22.6 Å². The van der Waals surface area contributed by atoms with Gasteiger partial charge in [-0.15, -0.1) is 0 Å². The van der Waals surface area contributed by atoms with Crippen LogP contribution in [0.25, 0.3) is 11.4 Å². The standard InChI is InChI=1S/C27H31N5O4/c1-19(33)32-12-11-20-5-3-4-6-23(20)24(32)17-26(34)31-15-13-30(14-16-31)18-25-28-27(29-36-25)21-7-9-22(35-2)10-8-21/h3-10,24H,11-18H2,1-2H3. The molecule has 1 atom stereocenters. The van der Waals surface area contributed by atoms with E-state index in [0.717, 1.165) is 36.4 Å². The zero-order chi connectivity index (χ0) is 25.1. The Hall–Kier alpha value is -3.72. The molecule has 0 saturated carbocycles. The predicted octanol–water partition coefficient (Wildman–Crippen LogP) is 2.93. The lowest BCUT2D eigenvalue weighted by atomic mass is 9.90. The van der Waals surface area contributed by atoms with Gasteiger partial charge in [-0.25, -0.2) is 0 Å². The Morgan fingerprint density at radius 3 is 2.50 bits per heavy atom. The van der Waals surface area contributed by atoms with Gasteiger partial charge in [0.25, 0.3) is 0 Å². The minimum atomic E-state index is -0.201. The molecule has 3 heterocycles. The molecule has 0 aliphatic carbocycles. The molecule has 0 N–H and O–H groups in total. The Bertz CT molecular complexity index is 1220. The quantitative estimate of drug-likeness (QED) is 0.526. The van der Waals surface area contributed by atoms with Gasteiger partial charge in [-0.2, -0.15) is 4.98 Å². The summed E-state index contributed by atoms with van der Waals surface area (Å²) in [4.78, 5) is 36.0. The molecular formula is C27H31N5O4. The van der Waals surface area contributed by atoms with E-state index < -0.39 is 0 Å². The van der Waals surface area contributed by atoms with Crippen molar-refractivity contribution in [2.24, 2.45) is 0 Å². The van der Waals surface area contributed by atoms with Gasteiger partial charge in [0.15, 0.2) is 0 Å². The second-order valence-corrected chi connectivity index (χ2v) is 9.28. The summed E-state index contributed by atoms with van der Waals surface area (Å²) in [5.74, 6) is 1.97. The molecule has 0 spiro atoms. The van der Waals surface area contributed by atoms with E-state index in [9.17, 15) is 9.59 Å². The van der Waals surface area contributed by atoms with Gasteiger partial charge in [-0.1, -0.05) is 29.4 Å². The van der Waals surface area contributed by atoms with Gasteiger partial charge in [-0.3, -0.25) is 14.5 Å². The number of benzene rings is 2. The highest BCUT2D eigenvalue weighted by molar-refractivity contribution is 5.80. The summed E-state index contributed by atoms with van der Waals surface area (Å²) < 4.78 is 10.7. The minimum absolute atomic E-state index is 0.0145. The van der Waals surface area contributed by atoms with Crippen molar-refractivity contribution in [1.82, 2.24) is 24.8 Å². The monoisotopic (exact) mass is 489 g/mol. The first-order chi connectivity index (χ1) is 17.5. The van der Waals surface area contributed by atoms with E-state index in [0.29, 0.717) is 44.3 Å². The lowest BCUT2D eigenvalue weighted by molar-refractivity contribution is -0.137. The predicted molar refractivity (Wildman–Crippen MR) is 133 cm³/mol. The number of carbonyl (C=O) groups excluding carboxylic acids is 2. The fourth-order valence-electron chi connectivity index (χ4n) is 5.07. The van der Waals surface area contributed by atoms with Crippen LogP contribution in [0, 0.1) is 0 Å². The molecule has 0 radical (unpaired) electrons. The number of amides is 2. The Labute approximate surface area is 210 Å². The summed E-state index contributed by atoms with van der Waals surface area (Å²) in [6.07, 6.45) is 1.14. The summed E-state index contributed by atoms with van der Waals surface area (Å²) in [7, 11) is 1.63. The molecule has 36 heavy (non-hydrogen) atoms. The molecule has 9 heteroatoms. The van der Waals surface area contributed by atoms with Crippen molar-refractivity contribution in [2.45, 2.75) is 32.4 Å². The molecule has 2 aliphatic rings. The molecule has 2 aromatic carbocycles. The number of hydrogen-bond acceptors (Lipinski definition) is 7. The summed E-state index contributed by atoms with van der Waals surface area (Å²) in [6, 6.07) is 15.5. The zero-order valence-electron chi connectivity index (χ0n) is 20.7. The highest BCUT2D eigenvalue weighted by atomic mass is 16.5. The lowest BCUT2D eigenvalue weighted by Crippen LogP contribution is -2.49. The number of nitrogens with zero attached hydrogens (tertiary/aromatic N) is 5. The zero-order valence-corrected chi connectivity index (χ0v) is 20.7. The maximum Gasteiger partial charge on any atom is 0.241 e. The topological polar surface area (TPSA) is 92.0 Å². The number of hydrogen-bond donors (Lipinski definition) is 0. The van der Waals surface area contributed by atoms with Crippen molar-refractivity contribution in [3.63, 3.8) is 0 Å². The van der Waals surface area contributed by atoms with Crippen LogP contribution in [-0.4, -0.2) is 76.5 Å². The average Bonchev–Trinajstić information content (AvgIpc) is 3.37. The maximum atomic E-state index is 13.2. The molecule has 9 nitrogen and oxygen atoms in total. The lowest BCUT2D eigenvalue weighted by Gasteiger charge is -2.39. The van der Waals surface area contributed by atoms with Crippen LogP contribution in [0.5, 0.6) is 5.75 Å². The Morgan fingerprint density at radius 1 is 1.03 bits per heavy atom. The second-order valence-electron chi connectivity index (χ2n) is 9.28. The summed E-state index contributed by atoms with van der Waals surface area (Å²) in [5, 5.41) is 4.11. The van der Waals surface area contributed by atoms with Crippen molar-refractivity contribution >= 4 is 11.8 Å². The Kier molecular flexibility index (Phi) is 6.99. The van der Waals surface area contributed by atoms with Crippen LogP contribution >= 0.6 is 0 Å². The molecule has 1 saturated heterocycles. The fraction of sp³-hybridized carbons (Fsp3) is 0.407. The number of fused-ring (bicyclic) bond motifs is 1. The molecule has 0 bridgehead atoms. The highest BCUT2D eigenvalue weighted by Crippen LogP contribution is 2.33. The van der Waals surface area contributed by atoms with Crippen molar-refractivity contribution in [3.05, 3.63) is 65.5 Å². The molecule has 3 aromatic rings. The van der Waals surface area contributed by atoms with Gasteiger partial charge in [0, 0.05) is 45.2 Å². The van der Waals surface area contributed by atoms with E-state index in [2.05, 4.69) is 21.1 Å².